The predicted octanol–water partition coefficient (Wildman–Crippen LogP) is 3.41. The smallest absolute Gasteiger partial charge is 0.325 e. The van der Waals surface area contributed by atoms with Gasteiger partial charge in [0.05, 0.1) is 24.3 Å². The van der Waals surface area contributed by atoms with E-state index >= 15 is 0 Å². The number of rotatable bonds is 6. The fourth-order valence-electron chi connectivity index (χ4n) is 2.61. The average Bonchev–Trinajstić information content (AvgIpc) is 3.08. The minimum atomic E-state index is -4.42. The molecule has 152 valence electrons. The van der Waals surface area contributed by atoms with Crippen molar-refractivity contribution in [1.82, 2.24) is 25.1 Å². The van der Waals surface area contributed by atoms with Gasteiger partial charge in [-0.25, -0.2) is 0 Å². The highest BCUT2D eigenvalue weighted by atomic mass is 35.5. The summed E-state index contributed by atoms with van der Waals surface area (Å²) in [5.41, 5.74) is 0.200. The molecule has 11 heteroatoms. The van der Waals surface area contributed by atoms with Crippen LogP contribution in [0.1, 0.15) is 11.4 Å². The minimum Gasteiger partial charge on any atom is -0.325 e. The zero-order chi connectivity index (χ0) is 21.0. The quantitative estimate of drug-likeness (QED) is 0.656. The van der Waals surface area contributed by atoms with Gasteiger partial charge < -0.3 is 5.32 Å². The Labute approximate surface area is 169 Å². The van der Waals surface area contributed by atoms with E-state index in [4.69, 9.17) is 11.6 Å². The molecule has 3 rings (SSSR count). The van der Waals surface area contributed by atoms with Crippen molar-refractivity contribution in [3.8, 4) is 5.69 Å². The highest BCUT2D eigenvalue weighted by Crippen LogP contribution is 2.29. The van der Waals surface area contributed by atoms with Gasteiger partial charge in [-0.1, -0.05) is 17.7 Å². The van der Waals surface area contributed by atoms with Gasteiger partial charge in [0, 0.05) is 10.7 Å². The van der Waals surface area contributed by atoms with E-state index in [2.05, 4.69) is 20.8 Å². The minimum absolute atomic E-state index is 0.0480. The van der Waals surface area contributed by atoms with Crippen molar-refractivity contribution in [2.75, 3.05) is 18.9 Å². The van der Waals surface area contributed by atoms with Gasteiger partial charge in [-0.2, -0.15) is 17.9 Å². The summed E-state index contributed by atoms with van der Waals surface area (Å²) in [6.07, 6.45) is -4.42. The molecule has 1 N–H and O–H groups in total. The van der Waals surface area contributed by atoms with Crippen LogP contribution in [0.5, 0.6) is 0 Å². The van der Waals surface area contributed by atoms with Crippen molar-refractivity contribution in [3.63, 3.8) is 0 Å². The maximum atomic E-state index is 12.7. The average molecular weight is 425 g/mol. The molecule has 7 nitrogen and oxygen atoms in total. The summed E-state index contributed by atoms with van der Waals surface area (Å²) in [4.78, 5) is 13.9. The van der Waals surface area contributed by atoms with Crippen molar-refractivity contribution in [3.05, 3.63) is 64.9 Å². The van der Waals surface area contributed by atoms with Crippen molar-refractivity contribution in [2.45, 2.75) is 12.7 Å². The largest absolute Gasteiger partial charge is 0.416 e. The van der Waals surface area contributed by atoms with Gasteiger partial charge >= 0.3 is 6.18 Å². The van der Waals surface area contributed by atoms with E-state index < -0.39 is 11.7 Å². The lowest BCUT2D eigenvalue weighted by molar-refractivity contribution is -0.137. The lowest BCUT2D eigenvalue weighted by Gasteiger charge is -2.16. The monoisotopic (exact) mass is 424 g/mol. The summed E-state index contributed by atoms with van der Waals surface area (Å²) >= 11 is 5.89. The van der Waals surface area contributed by atoms with Gasteiger partial charge in [0.25, 0.3) is 0 Å². The number of aromatic nitrogens is 4. The highest BCUT2D eigenvalue weighted by molar-refractivity contribution is 6.30. The molecule has 0 aliphatic heterocycles. The molecule has 0 unspecified atom stereocenters. The van der Waals surface area contributed by atoms with Gasteiger partial charge in [-0.05, 0) is 59.9 Å². The van der Waals surface area contributed by atoms with Crippen molar-refractivity contribution < 1.29 is 18.0 Å². The number of anilines is 1. The van der Waals surface area contributed by atoms with Crippen LogP contribution < -0.4 is 5.32 Å². The second-order valence-electron chi connectivity index (χ2n) is 6.28. The molecule has 3 aromatic rings. The van der Waals surface area contributed by atoms with Gasteiger partial charge in [-0.15, -0.1) is 5.10 Å². The number of tetrazole rings is 1. The lowest BCUT2D eigenvalue weighted by atomic mass is 10.2. The van der Waals surface area contributed by atoms with Crippen LogP contribution in [0.3, 0.4) is 0 Å². The van der Waals surface area contributed by atoms with E-state index in [0.717, 1.165) is 12.1 Å². The number of benzene rings is 2. The third-order valence-electron chi connectivity index (χ3n) is 3.91. The second-order valence-corrected chi connectivity index (χ2v) is 6.72. The molecule has 0 radical (unpaired) electrons. The Morgan fingerprint density at radius 2 is 1.93 bits per heavy atom. The third-order valence-corrected chi connectivity index (χ3v) is 4.14. The Balaban J connectivity index is 1.64. The number of nitrogens with one attached hydrogen (secondary N) is 1. The molecule has 0 aliphatic carbocycles. The summed E-state index contributed by atoms with van der Waals surface area (Å²) in [6.45, 7) is 0.253. The maximum absolute atomic E-state index is 12.7. The first kappa shape index (κ1) is 20.7. The Morgan fingerprint density at radius 3 is 2.59 bits per heavy atom. The molecule has 1 amide bonds. The van der Waals surface area contributed by atoms with Crippen molar-refractivity contribution in [1.29, 1.82) is 0 Å². The molecule has 0 saturated heterocycles. The molecule has 29 heavy (non-hydrogen) atoms. The first-order valence-electron chi connectivity index (χ1n) is 8.41. The summed E-state index contributed by atoms with van der Waals surface area (Å²) < 4.78 is 39.5. The molecule has 0 fully saturated rings. The molecule has 1 aromatic heterocycles. The Hall–Kier alpha value is -2.98. The molecule has 2 aromatic carbocycles. The fraction of sp³-hybridized carbons (Fsp3) is 0.222. The van der Waals surface area contributed by atoms with E-state index in [-0.39, 0.29) is 19.0 Å². The van der Waals surface area contributed by atoms with Gasteiger partial charge in [0.2, 0.25) is 5.91 Å². The van der Waals surface area contributed by atoms with Crippen molar-refractivity contribution >= 4 is 23.2 Å². The molecule has 1 heterocycles. The number of nitrogens with zero attached hydrogens (tertiary/aromatic N) is 5. The van der Waals surface area contributed by atoms with E-state index in [1.54, 1.807) is 36.2 Å². The van der Waals surface area contributed by atoms with Gasteiger partial charge in [0.1, 0.15) is 0 Å². The van der Waals surface area contributed by atoms with Crippen LogP contribution in [-0.2, 0) is 17.5 Å². The number of carbonyl (C=O) groups excluding carboxylic acids is 1. The zero-order valence-electron chi connectivity index (χ0n) is 15.2. The third kappa shape index (κ3) is 5.52. The Kier molecular flexibility index (Phi) is 6.14. The van der Waals surface area contributed by atoms with Crippen LogP contribution in [0.2, 0.25) is 5.02 Å². The highest BCUT2D eigenvalue weighted by Gasteiger charge is 2.30. The Bertz CT molecular complexity index is 990. The normalized spacial score (nSPS) is 11.7. The Morgan fingerprint density at radius 1 is 1.21 bits per heavy atom. The molecule has 0 bridgehead atoms. The van der Waals surface area contributed by atoms with E-state index in [1.165, 1.54) is 16.8 Å². The van der Waals surface area contributed by atoms with Crippen LogP contribution in [0.25, 0.3) is 5.69 Å². The molecular formula is C18H16ClF3N6O. The van der Waals surface area contributed by atoms with Crippen LogP contribution in [0.4, 0.5) is 18.9 Å². The number of hydrogen-bond acceptors (Lipinski definition) is 5. The number of carbonyl (C=O) groups is 1. The first-order chi connectivity index (χ1) is 13.7. The van der Waals surface area contributed by atoms with E-state index in [0.29, 0.717) is 22.2 Å². The SMILES string of the molecule is CN(CC(=O)Nc1cccc(Cl)c1)Cc1nnnn1-c1ccc(C(F)(F)F)cc1. The van der Waals surface area contributed by atoms with Crippen LogP contribution >= 0.6 is 11.6 Å². The van der Waals surface area contributed by atoms with E-state index in [1.807, 2.05) is 0 Å². The summed E-state index contributed by atoms with van der Waals surface area (Å²) in [7, 11) is 1.70. The number of hydrogen-bond donors (Lipinski definition) is 1. The van der Waals surface area contributed by atoms with Crippen LogP contribution in [-0.4, -0.2) is 44.6 Å². The number of halogens is 4. The van der Waals surface area contributed by atoms with Crippen LogP contribution in [0.15, 0.2) is 48.5 Å². The molecule has 0 spiro atoms. The summed E-state index contributed by atoms with van der Waals surface area (Å²) in [5.74, 6) is 0.117. The van der Waals surface area contributed by atoms with E-state index in [9.17, 15) is 18.0 Å². The molecule has 0 atom stereocenters. The number of amides is 1. The van der Waals surface area contributed by atoms with Crippen molar-refractivity contribution in [2.24, 2.45) is 0 Å². The molecule has 0 aliphatic rings. The predicted molar refractivity (Wildman–Crippen MR) is 101 cm³/mol. The summed E-state index contributed by atoms with van der Waals surface area (Å²) in [6, 6.07) is 11.3. The molecule has 0 saturated carbocycles. The van der Waals surface area contributed by atoms with Gasteiger partial charge in [0.15, 0.2) is 5.82 Å². The second kappa shape index (κ2) is 8.58. The number of alkyl halides is 3. The van der Waals surface area contributed by atoms with Gasteiger partial charge in [-0.3, -0.25) is 9.69 Å². The van der Waals surface area contributed by atoms with Crippen LogP contribution in [0, 0.1) is 0 Å². The zero-order valence-corrected chi connectivity index (χ0v) is 15.9. The lowest BCUT2D eigenvalue weighted by Crippen LogP contribution is -2.30. The topological polar surface area (TPSA) is 75.9 Å². The molecular weight excluding hydrogens is 409 g/mol. The maximum Gasteiger partial charge on any atom is 0.416 e. The fourth-order valence-corrected chi connectivity index (χ4v) is 2.80. The first-order valence-corrected chi connectivity index (χ1v) is 8.79. The number of likely N-dealkylation sites (N-methyl/N-ethyl adjacent to an activating group) is 1. The standard InChI is InChI=1S/C18H16ClF3N6O/c1-27(11-17(29)23-14-4-2-3-13(19)9-14)10-16-24-25-26-28(16)15-7-5-12(6-8-15)18(20,21)22/h2-9H,10-11H2,1H3,(H,23,29). The summed E-state index contributed by atoms with van der Waals surface area (Å²) in [5, 5.41) is 14.5.